The lowest BCUT2D eigenvalue weighted by Crippen LogP contribution is -2.01. The maximum Gasteiger partial charge on any atom is 0.313 e. The first-order valence-electron chi connectivity index (χ1n) is 5.39. The third-order valence-corrected chi connectivity index (χ3v) is 3.67. The first-order valence-corrected chi connectivity index (χ1v) is 6.75. The molecule has 2 aromatic rings. The number of aliphatic hydroxyl groups is 1. The molecule has 5 nitrogen and oxygen atoms in total. The lowest BCUT2D eigenvalue weighted by Gasteiger charge is -2.07. The predicted molar refractivity (Wildman–Crippen MR) is 72.9 cm³/mol. The predicted octanol–water partition coefficient (Wildman–Crippen LogP) is 2.19. The molecule has 0 saturated heterocycles. The third-order valence-electron chi connectivity index (χ3n) is 2.42. The average Bonchev–Trinajstić information content (AvgIpc) is 2.80. The van der Waals surface area contributed by atoms with Gasteiger partial charge in [-0.1, -0.05) is 23.4 Å². The summed E-state index contributed by atoms with van der Waals surface area (Å²) in [7, 11) is 0. The third kappa shape index (κ3) is 3.28. The summed E-state index contributed by atoms with van der Waals surface area (Å²) < 4.78 is 1.71. The molecule has 19 heavy (non-hydrogen) atoms. The minimum absolute atomic E-state index is 0.0926. The van der Waals surface area contributed by atoms with Gasteiger partial charge in [0.05, 0.1) is 18.1 Å². The van der Waals surface area contributed by atoms with Crippen LogP contribution in [-0.4, -0.2) is 31.5 Å². The summed E-state index contributed by atoms with van der Waals surface area (Å²) in [5.41, 5.74) is 1.37. The van der Waals surface area contributed by atoms with E-state index in [2.05, 4.69) is 4.98 Å². The number of nitrogens with zero attached hydrogens (tertiary/aromatic N) is 2. The highest BCUT2D eigenvalue weighted by Crippen LogP contribution is 2.24. The second-order valence-electron chi connectivity index (χ2n) is 3.68. The Labute approximate surface area is 118 Å². The molecular formula is C12H11ClN2O3S. The molecule has 0 bridgehead atoms. The fraction of sp³-hybridized carbons (Fsp3) is 0.167. The molecule has 0 aliphatic rings. The van der Waals surface area contributed by atoms with E-state index in [4.69, 9.17) is 16.7 Å². The monoisotopic (exact) mass is 298 g/mol. The molecule has 0 amide bonds. The largest absolute Gasteiger partial charge is 0.481 e. The van der Waals surface area contributed by atoms with Crippen LogP contribution in [0.1, 0.15) is 5.69 Å². The van der Waals surface area contributed by atoms with Crippen molar-refractivity contribution < 1.29 is 15.0 Å². The van der Waals surface area contributed by atoms with Gasteiger partial charge >= 0.3 is 5.97 Å². The van der Waals surface area contributed by atoms with Gasteiger partial charge in [0.25, 0.3) is 0 Å². The van der Waals surface area contributed by atoms with Gasteiger partial charge in [-0.2, -0.15) is 0 Å². The van der Waals surface area contributed by atoms with Crippen LogP contribution in [0, 0.1) is 0 Å². The number of rotatable bonds is 5. The number of carbonyl (C=O) groups is 1. The zero-order chi connectivity index (χ0) is 13.8. The lowest BCUT2D eigenvalue weighted by molar-refractivity contribution is -0.133. The van der Waals surface area contributed by atoms with Gasteiger partial charge < -0.3 is 10.2 Å². The van der Waals surface area contributed by atoms with Crippen LogP contribution in [-0.2, 0) is 11.4 Å². The number of halogens is 1. The van der Waals surface area contributed by atoms with E-state index in [9.17, 15) is 9.90 Å². The molecule has 0 atom stereocenters. The quantitative estimate of drug-likeness (QED) is 0.828. The molecule has 7 heteroatoms. The van der Waals surface area contributed by atoms with Crippen LogP contribution in [0.4, 0.5) is 0 Å². The number of aromatic nitrogens is 2. The second-order valence-corrected chi connectivity index (χ2v) is 5.08. The summed E-state index contributed by atoms with van der Waals surface area (Å²) in [4.78, 5) is 14.7. The van der Waals surface area contributed by atoms with E-state index in [1.54, 1.807) is 35.2 Å². The normalized spacial score (nSPS) is 10.6. The van der Waals surface area contributed by atoms with Crippen molar-refractivity contribution in [1.29, 1.82) is 0 Å². The van der Waals surface area contributed by atoms with Gasteiger partial charge in [-0.05, 0) is 24.3 Å². The van der Waals surface area contributed by atoms with Gasteiger partial charge in [-0.25, -0.2) is 4.98 Å². The smallest absolute Gasteiger partial charge is 0.313 e. The summed E-state index contributed by atoms with van der Waals surface area (Å²) in [6.07, 6.45) is 1.55. The van der Waals surface area contributed by atoms with Crippen molar-refractivity contribution in [1.82, 2.24) is 9.55 Å². The number of carboxylic acids is 1. The highest BCUT2D eigenvalue weighted by atomic mass is 35.5. The molecular weight excluding hydrogens is 288 g/mol. The molecule has 0 unspecified atom stereocenters. The molecule has 1 aromatic carbocycles. The van der Waals surface area contributed by atoms with Crippen molar-refractivity contribution in [2.75, 3.05) is 5.75 Å². The van der Waals surface area contributed by atoms with Crippen molar-refractivity contribution in [3.05, 3.63) is 41.3 Å². The standard InChI is InChI=1S/C12H11ClN2O3S/c13-8-1-3-9(4-2-8)15-7-14-12(10(15)5-16)19-6-11(17)18/h1-4,7,16H,5-6H2,(H,17,18). The van der Waals surface area contributed by atoms with E-state index >= 15 is 0 Å². The SMILES string of the molecule is O=C(O)CSc1ncn(-c2ccc(Cl)cc2)c1CO. The topological polar surface area (TPSA) is 75.3 Å². The Balaban J connectivity index is 2.31. The molecule has 0 spiro atoms. The molecule has 1 aromatic heterocycles. The molecule has 1 heterocycles. The molecule has 100 valence electrons. The van der Waals surface area contributed by atoms with Crippen molar-refractivity contribution in [2.45, 2.75) is 11.6 Å². The molecule has 0 fully saturated rings. The highest BCUT2D eigenvalue weighted by Gasteiger charge is 2.13. The Hall–Kier alpha value is -1.50. The number of benzene rings is 1. The summed E-state index contributed by atoms with van der Waals surface area (Å²) in [5, 5.41) is 19.2. The number of aliphatic hydroxyl groups excluding tert-OH is 1. The molecule has 0 saturated carbocycles. The zero-order valence-corrected chi connectivity index (χ0v) is 11.4. The van der Waals surface area contributed by atoms with Crippen molar-refractivity contribution in [3.63, 3.8) is 0 Å². The van der Waals surface area contributed by atoms with Crippen LogP contribution >= 0.6 is 23.4 Å². The molecule has 2 rings (SSSR count). The maximum absolute atomic E-state index is 10.6. The Morgan fingerprint density at radius 1 is 1.37 bits per heavy atom. The Morgan fingerprint density at radius 2 is 2.05 bits per heavy atom. The number of aliphatic carboxylic acids is 1. The van der Waals surface area contributed by atoms with Gasteiger partial charge in [0.15, 0.2) is 0 Å². The maximum atomic E-state index is 10.6. The fourth-order valence-corrected chi connectivity index (χ4v) is 2.41. The average molecular weight is 299 g/mol. The van der Waals surface area contributed by atoms with E-state index in [-0.39, 0.29) is 12.4 Å². The van der Waals surface area contributed by atoms with Gasteiger partial charge in [-0.15, -0.1) is 0 Å². The number of carboxylic acid groups (broad SMARTS) is 1. The summed E-state index contributed by atoms with van der Waals surface area (Å²) in [6.45, 7) is -0.218. The number of imidazole rings is 1. The van der Waals surface area contributed by atoms with Crippen molar-refractivity contribution in [2.24, 2.45) is 0 Å². The van der Waals surface area contributed by atoms with Crippen molar-refractivity contribution in [3.8, 4) is 5.69 Å². The first-order chi connectivity index (χ1) is 9.11. The number of hydrogen-bond acceptors (Lipinski definition) is 4. The fourth-order valence-electron chi connectivity index (χ4n) is 1.58. The number of thioether (sulfide) groups is 1. The summed E-state index contributed by atoms with van der Waals surface area (Å²) >= 11 is 6.90. The second kappa shape index (κ2) is 6.10. The van der Waals surface area contributed by atoms with Crippen LogP contribution < -0.4 is 0 Å². The van der Waals surface area contributed by atoms with Gasteiger partial charge in [0, 0.05) is 10.7 Å². The minimum Gasteiger partial charge on any atom is -0.481 e. The van der Waals surface area contributed by atoms with E-state index < -0.39 is 5.97 Å². The number of hydrogen-bond donors (Lipinski definition) is 2. The molecule has 2 N–H and O–H groups in total. The molecule has 0 radical (unpaired) electrons. The molecule has 0 aliphatic carbocycles. The van der Waals surface area contributed by atoms with Crippen LogP contribution in [0.25, 0.3) is 5.69 Å². The van der Waals surface area contributed by atoms with Gasteiger partial charge in [0.2, 0.25) is 0 Å². The Kier molecular flexibility index (Phi) is 4.47. The Bertz CT molecular complexity index is 583. The summed E-state index contributed by atoms with van der Waals surface area (Å²) in [5.74, 6) is -1.01. The minimum atomic E-state index is -0.921. The van der Waals surface area contributed by atoms with Crippen LogP contribution in [0.5, 0.6) is 0 Å². The highest BCUT2D eigenvalue weighted by molar-refractivity contribution is 7.99. The van der Waals surface area contributed by atoms with E-state index in [0.29, 0.717) is 15.7 Å². The van der Waals surface area contributed by atoms with Crippen LogP contribution in [0.3, 0.4) is 0 Å². The van der Waals surface area contributed by atoms with Crippen LogP contribution in [0.2, 0.25) is 5.02 Å². The van der Waals surface area contributed by atoms with E-state index in [1.807, 2.05) is 0 Å². The lowest BCUT2D eigenvalue weighted by atomic mass is 10.3. The van der Waals surface area contributed by atoms with Gasteiger partial charge in [-0.3, -0.25) is 9.36 Å². The first kappa shape index (κ1) is 13.9. The Morgan fingerprint density at radius 3 is 2.63 bits per heavy atom. The van der Waals surface area contributed by atoms with Crippen LogP contribution in [0.15, 0.2) is 35.6 Å². The van der Waals surface area contributed by atoms with E-state index in [0.717, 1.165) is 17.4 Å². The van der Waals surface area contributed by atoms with E-state index in [1.165, 1.54) is 0 Å². The van der Waals surface area contributed by atoms with Gasteiger partial charge in [0.1, 0.15) is 11.4 Å². The summed E-state index contributed by atoms with van der Waals surface area (Å²) in [6, 6.07) is 7.08. The zero-order valence-electron chi connectivity index (χ0n) is 9.78. The molecule has 0 aliphatic heterocycles. The van der Waals surface area contributed by atoms with Crippen molar-refractivity contribution >= 4 is 29.3 Å².